The van der Waals surface area contributed by atoms with Crippen LogP contribution in [-0.2, 0) is 11.8 Å². The molecule has 0 saturated carbocycles. The van der Waals surface area contributed by atoms with Gasteiger partial charge in [-0.25, -0.2) is 0 Å². The van der Waals surface area contributed by atoms with Crippen molar-refractivity contribution in [2.75, 3.05) is 36.8 Å². The van der Waals surface area contributed by atoms with Gasteiger partial charge in [-0.3, -0.25) is 14.4 Å². The number of rotatable bonds is 6. The lowest BCUT2D eigenvalue weighted by atomic mass is 9.81. The van der Waals surface area contributed by atoms with Crippen LogP contribution in [0.4, 0.5) is 11.4 Å². The maximum absolute atomic E-state index is 13.5. The number of aromatic nitrogens is 1. The Morgan fingerprint density at radius 2 is 1.41 bits per heavy atom. The number of nitrogens with two attached hydrogens (primary N) is 2. The first-order valence-electron chi connectivity index (χ1n) is 10.2. The summed E-state index contributed by atoms with van der Waals surface area (Å²) in [6.07, 6.45) is 1.92. The maximum Gasteiger partial charge on any atom is 0.300 e. The van der Waals surface area contributed by atoms with E-state index in [1.807, 2.05) is 23.9 Å². The Labute approximate surface area is 185 Å². The molecule has 0 radical (unpaired) electrons. The molecule has 0 unspecified atom stereocenters. The van der Waals surface area contributed by atoms with Crippen LogP contribution in [0.3, 0.4) is 0 Å². The van der Waals surface area contributed by atoms with Crippen LogP contribution in [0, 0.1) is 0 Å². The van der Waals surface area contributed by atoms with Crippen LogP contribution < -0.4 is 22.1 Å². The smallest absolute Gasteiger partial charge is 0.300 e. The first-order chi connectivity index (χ1) is 15.3. The number of aryl methyl sites for hydroxylation is 1. The van der Waals surface area contributed by atoms with E-state index in [2.05, 4.69) is 10.6 Å². The van der Waals surface area contributed by atoms with E-state index in [9.17, 15) is 9.59 Å². The number of hydrogen-bond donors (Lipinski definition) is 5. The van der Waals surface area contributed by atoms with Crippen LogP contribution in [0.2, 0.25) is 0 Å². The Morgan fingerprint density at radius 1 is 0.938 bits per heavy atom. The van der Waals surface area contributed by atoms with Gasteiger partial charge in [-0.2, -0.15) is 0 Å². The maximum atomic E-state index is 13.5. The third-order valence-electron chi connectivity index (χ3n) is 5.09. The van der Waals surface area contributed by atoms with Crippen molar-refractivity contribution in [1.29, 1.82) is 0 Å². The molecule has 0 spiro atoms. The van der Waals surface area contributed by atoms with Crippen molar-refractivity contribution in [3.63, 3.8) is 0 Å². The summed E-state index contributed by atoms with van der Waals surface area (Å²) in [5.74, 6) is -1.16. The Hall–Kier alpha value is -3.69. The molecule has 1 aliphatic carbocycles. The van der Waals surface area contributed by atoms with Gasteiger partial charge in [0.15, 0.2) is 11.6 Å². The van der Waals surface area contributed by atoms with E-state index in [-0.39, 0.29) is 11.6 Å². The molecule has 168 valence electrons. The summed E-state index contributed by atoms with van der Waals surface area (Å²) >= 11 is 0. The predicted octanol–water partition coefficient (Wildman–Crippen LogP) is 1.79. The van der Waals surface area contributed by atoms with E-state index in [0.717, 1.165) is 17.8 Å². The number of aliphatic carboxylic acids is 1. The van der Waals surface area contributed by atoms with Gasteiger partial charge < -0.3 is 31.8 Å². The highest BCUT2D eigenvalue weighted by molar-refractivity contribution is 6.35. The predicted molar refractivity (Wildman–Crippen MR) is 125 cm³/mol. The fourth-order valence-electron chi connectivity index (χ4n) is 3.90. The molecule has 9 nitrogen and oxygen atoms in total. The zero-order valence-electron chi connectivity index (χ0n) is 18.1. The fourth-order valence-corrected chi connectivity index (χ4v) is 3.90. The molecule has 0 bridgehead atoms. The average Bonchev–Trinajstić information content (AvgIpc) is 3.15. The summed E-state index contributed by atoms with van der Waals surface area (Å²) in [5.41, 5.74) is 15.2. The molecule has 1 aromatic heterocycles. The zero-order valence-corrected chi connectivity index (χ0v) is 18.1. The van der Waals surface area contributed by atoms with E-state index in [0.29, 0.717) is 59.8 Å². The van der Waals surface area contributed by atoms with Gasteiger partial charge in [-0.05, 0) is 6.07 Å². The molecule has 2 aromatic carbocycles. The molecule has 0 fully saturated rings. The summed E-state index contributed by atoms with van der Waals surface area (Å²) in [4.78, 5) is 35.9. The Kier molecular flexibility index (Phi) is 6.92. The third-order valence-corrected chi connectivity index (χ3v) is 5.09. The normalized spacial score (nSPS) is 12.0. The highest BCUT2D eigenvalue weighted by Gasteiger charge is 2.36. The molecule has 0 aliphatic heterocycles. The van der Waals surface area contributed by atoms with Gasteiger partial charge in [-0.15, -0.1) is 0 Å². The molecular formula is C23H27N5O4. The lowest BCUT2D eigenvalue weighted by Crippen LogP contribution is -2.26. The summed E-state index contributed by atoms with van der Waals surface area (Å²) < 4.78 is 1.94. The second-order valence-corrected chi connectivity index (χ2v) is 7.34. The Bertz CT molecular complexity index is 1190. The number of carbonyl (C=O) groups excluding carboxylic acids is 2. The first kappa shape index (κ1) is 23.0. The van der Waals surface area contributed by atoms with Crippen molar-refractivity contribution in [1.82, 2.24) is 4.57 Å². The number of fused-ring (bicyclic) bond motifs is 3. The second kappa shape index (κ2) is 9.63. The van der Waals surface area contributed by atoms with Gasteiger partial charge in [0, 0.05) is 62.9 Å². The average molecular weight is 438 g/mol. The number of carboxylic acid groups (broad SMARTS) is 1. The van der Waals surface area contributed by atoms with Gasteiger partial charge in [0.2, 0.25) is 0 Å². The van der Waals surface area contributed by atoms with Crippen molar-refractivity contribution < 1.29 is 19.5 Å². The third kappa shape index (κ3) is 4.08. The lowest BCUT2D eigenvalue weighted by molar-refractivity contribution is -0.134. The molecule has 1 heterocycles. The monoisotopic (exact) mass is 437 g/mol. The quantitative estimate of drug-likeness (QED) is 0.286. The van der Waals surface area contributed by atoms with Gasteiger partial charge in [0.25, 0.3) is 5.97 Å². The number of anilines is 2. The molecule has 32 heavy (non-hydrogen) atoms. The van der Waals surface area contributed by atoms with Crippen molar-refractivity contribution in [3.05, 3.63) is 58.8 Å². The van der Waals surface area contributed by atoms with E-state index in [1.54, 1.807) is 24.3 Å². The summed E-state index contributed by atoms with van der Waals surface area (Å²) in [7, 11) is 1.91. The van der Waals surface area contributed by atoms with Crippen molar-refractivity contribution in [2.24, 2.45) is 18.5 Å². The zero-order chi connectivity index (χ0) is 23.4. The summed E-state index contributed by atoms with van der Waals surface area (Å²) in [6, 6.07) is 8.90. The number of ketones is 2. The SMILES string of the molecule is CC(=O)O.Cn1ccc2c(NCCN)c3c(c(NCCN)c21)C(=O)c1ccccc1C3=O. The highest BCUT2D eigenvalue weighted by Crippen LogP contribution is 2.43. The molecule has 0 saturated heterocycles. The van der Waals surface area contributed by atoms with E-state index >= 15 is 0 Å². The van der Waals surface area contributed by atoms with Gasteiger partial charge in [-0.1, -0.05) is 24.3 Å². The van der Waals surface area contributed by atoms with Crippen molar-refractivity contribution in [2.45, 2.75) is 6.92 Å². The minimum absolute atomic E-state index is 0.161. The van der Waals surface area contributed by atoms with E-state index < -0.39 is 5.97 Å². The summed E-state index contributed by atoms with van der Waals surface area (Å²) in [5, 5.41) is 14.9. The molecule has 3 aromatic rings. The number of nitrogens with one attached hydrogen (secondary N) is 2. The molecule has 7 N–H and O–H groups in total. The molecule has 1 aliphatic rings. The fraction of sp³-hybridized carbons (Fsp3) is 0.261. The second-order valence-electron chi connectivity index (χ2n) is 7.34. The molecule has 0 atom stereocenters. The Balaban J connectivity index is 0.000000668. The van der Waals surface area contributed by atoms with Crippen molar-refractivity contribution in [3.8, 4) is 0 Å². The molecular weight excluding hydrogens is 410 g/mol. The molecule has 9 heteroatoms. The van der Waals surface area contributed by atoms with Gasteiger partial charge in [0.1, 0.15) is 0 Å². The number of carboxylic acids is 1. The number of hydrogen-bond acceptors (Lipinski definition) is 7. The van der Waals surface area contributed by atoms with Crippen LogP contribution >= 0.6 is 0 Å². The molecule has 0 amide bonds. The van der Waals surface area contributed by atoms with E-state index in [4.69, 9.17) is 21.4 Å². The Morgan fingerprint density at radius 3 is 1.91 bits per heavy atom. The van der Waals surface area contributed by atoms with Crippen LogP contribution in [-0.4, -0.2) is 53.4 Å². The minimum atomic E-state index is -0.833. The highest BCUT2D eigenvalue weighted by atomic mass is 16.4. The number of nitrogens with zero attached hydrogens (tertiary/aromatic N) is 1. The lowest BCUT2D eigenvalue weighted by Gasteiger charge is -2.25. The molecule has 4 rings (SSSR count). The van der Waals surface area contributed by atoms with Crippen LogP contribution in [0.5, 0.6) is 0 Å². The minimum Gasteiger partial charge on any atom is -0.481 e. The summed E-state index contributed by atoms with van der Waals surface area (Å²) in [6.45, 7) is 2.89. The topological polar surface area (TPSA) is 152 Å². The van der Waals surface area contributed by atoms with Crippen LogP contribution in [0.15, 0.2) is 36.5 Å². The standard InChI is InChI=1S/C21H23N5O2.C2H4O2/c1-26-11-6-14-17(24-9-7-22)15-16(18(19(14)26)25-10-8-23)21(28)13-5-3-2-4-12(13)20(15)27;1-2(3)4/h2-6,11,24-25H,7-10,22-23H2,1H3;1H3,(H,3,4). The van der Waals surface area contributed by atoms with Crippen molar-refractivity contribution >= 4 is 39.8 Å². The largest absolute Gasteiger partial charge is 0.481 e. The number of benzene rings is 2. The van der Waals surface area contributed by atoms with E-state index in [1.165, 1.54) is 0 Å². The van der Waals surface area contributed by atoms with Gasteiger partial charge >= 0.3 is 0 Å². The van der Waals surface area contributed by atoms with Crippen LogP contribution in [0.25, 0.3) is 10.9 Å². The van der Waals surface area contributed by atoms with Gasteiger partial charge in [0.05, 0.1) is 28.0 Å². The first-order valence-corrected chi connectivity index (χ1v) is 10.2. The number of carbonyl (C=O) groups is 3. The van der Waals surface area contributed by atoms with Crippen LogP contribution in [0.1, 0.15) is 38.8 Å².